The molecule has 0 atom stereocenters. The Balaban J connectivity index is 1.74. The van der Waals surface area contributed by atoms with E-state index in [1.54, 1.807) is 10.7 Å². The van der Waals surface area contributed by atoms with Gasteiger partial charge in [0.15, 0.2) is 5.69 Å². The molecular weight excluding hydrogens is 326 g/mol. The first-order valence-electron chi connectivity index (χ1n) is 7.30. The Kier molecular flexibility index (Phi) is 3.59. The third-order valence-corrected chi connectivity index (χ3v) is 3.96. The van der Waals surface area contributed by atoms with Crippen LogP contribution in [0.1, 0.15) is 5.69 Å². The summed E-state index contributed by atoms with van der Waals surface area (Å²) in [5, 5.41) is 17.1. The molecule has 0 saturated heterocycles. The average Bonchev–Trinajstić information content (AvgIpc) is 3.23. The highest BCUT2D eigenvalue weighted by Gasteiger charge is 2.19. The van der Waals surface area contributed by atoms with Crippen LogP contribution in [-0.2, 0) is 0 Å². The van der Waals surface area contributed by atoms with Crippen LogP contribution in [0.4, 0.5) is 0 Å². The van der Waals surface area contributed by atoms with E-state index in [0.717, 1.165) is 11.4 Å². The topological polar surface area (TPSA) is 69.6 Å². The molecule has 0 unspecified atom stereocenters. The van der Waals surface area contributed by atoms with Gasteiger partial charge in [0.25, 0.3) is 5.89 Å². The zero-order chi connectivity index (χ0) is 16.5. The van der Waals surface area contributed by atoms with Gasteiger partial charge in [-0.25, -0.2) is 4.68 Å². The molecule has 0 spiro atoms. The van der Waals surface area contributed by atoms with Crippen LogP contribution >= 0.6 is 11.6 Å². The van der Waals surface area contributed by atoms with Crippen LogP contribution in [0.3, 0.4) is 0 Å². The standard InChI is InChI=1S/C17H12ClN5O/c1-11-15(19-22-23(11)12-7-3-2-4-8-12)17-21-20-16(24-17)13-9-5-6-10-14(13)18/h2-10H,1H3. The van der Waals surface area contributed by atoms with Crippen LogP contribution in [0.25, 0.3) is 28.7 Å². The van der Waals surface area contributed by atoms with Crippen molar-refractivity contribution in [3.8, 4) is 28.7 Å². The number of aromatic nitrogens is 5. The third-order valence-electron chi connectivity index (χ3n) is 3.63. The quantitative estimate of drug-likeness (QED) is 0.566. The van der Waals surface area contributed by atoms with Crippen molar-refractivity contribution in [1.82, 2.24) is 25.2 Å². The number of nitrogens with zero attached hydrogens (tertiary/aromatic N) is 5. The number of para-hydroxylation sites is 1. The van der Waals surface area contributed by atoms with Gasteiger partial charge in [0.1, 0.15) is 0 Å². The van der Waals surface area contributed by atoms with Crippen LogP contribution in [0.2, 0.25) is 5.02 Å². The SMILES string of the molecule is Cc1c(-c2nnc(-c3ccccc3Cl)o2)nnn1-c1ccccc1. The zero-order valence-corrected chi connectivity index (χ0v) is 13.5. The lowest BCUT2D eigenvalue weighted by Crippen LogP contribution is -1.98. The summed E-state index contributed by atoms with van der Waals surface area (Å²) in [6.45, 7) is 1.90. The maximum atomic E-state index is 6.17. The molecule has 24 heavy (non-hydrogen) atoms. The summed E-state index contributed by atoms with van der Waals surface area (Å²) in [5.41, 5.74) is 2.96. The van der Waals surface area contributed by atoms with E-state index in [4.69, 9.17) is 16.0 Å². The second-order valence-electron chi connectivity index (χ2n) is 5.16. The number of halogens is 1. The minimum atomic E-state index is 0.310. The predicted octanol–water partition coefficient (Wildman–Crippen LogP) is 3.95. The second-order valence-corrected chi connectivity index (χ2v) is 5.57. The van der Waals surface area contributed by atoms with Gasteiger partial charge in [-0.05, 0) is 31.2 Å². The molecule has 0 saturated carbocycles. The average molecular weight is 338 g/mol. The Hall–Kier alpha value is -2.99. The minimum absolute atomic E-state index is 0.310. The van der Waals surface area contributed by atoms with E-state index >= 15 is 0 Å². The van der Waals surface area contributed by atoms with Crippen molar-refractivity contribution in [1.29, 1.82) is 0 Å². The lowest BCUT2D eigenvalue weighted by Gasteiger charge is -2.01. The van der Waals surface area contributed by atoms with Crippen molar-refractivity contribution in [2.75, 3.05) is 0 Å². The van der Waals surface area contributed by atoms with Crippen LogP contribution in [0, 0.1) is 6.92 Å². The highest BCUT2D eigenvalue weighted by atomic mass is 35.5. The van der Waals surface area contributed by atoms with Crippen LogP contribution in [-0.4, -0.2) is 25.2 Å². The fourth-order valence-electron chi connectivity index (χ4n) is 2.40. The summed E-state index contributed by atoms with van der Waals surface area (Å²) in [6.07, 6.45) is 0. The molecule has 118 valence electrons. The number of hydrogen-bond acceptors (Lipinski definition) is 5. The monoisotopic (exact) mass is 337 g/mol. The van der Waals surface area contributed by atoms with Gasteiger partial charge in [-0.2, -0.15) is 0 Å². The van der Waals surface area contributed by atoms with E-state index in [9.17, 15) is 0 Å². The van der Waals surface area contributed by atoms with Crippen LogP contribution in [0.5, 0.6) is 0 Å². The van der Waals surface area contributed by atoms with Crippen LogP contribution in [0.15, 0.2) is 59.0 Å². The van der Waals surface area contributed by atoms with Gasteiger partial charge in [0, 0.05) is 0 Å². The molecule has 4 aromatic rings. The fourth-order valence-corrected chi connectivity index (χ4v) is 2.62. The highest BCUT2D eigenvalue weighted by molar-refractivity contribution is 6.33. The summed E-state index contributed by atoms with van der Waals surface area (Å²) in [7, 11) is 0. The van der Waals surface area contributed by atoms with Gasteiger partial charge in [-0.1, -0.05) is 47.1 Å². The summed E-state index contributed by atoms with van der Waals surface area (Å²) in [5.74, 6) is 0.661. The van der Waals surface area contributed by atoms with Crippen LogP contribution < -0.4 is 0 Å². The van der Waals surface area contributed by atoms with E-state index in [0.29, 0.717) is 28.1 Å². The Morgan fingerprint density at radius 3 is 2.38 bits per heavy atom. The lowest BCUT2D eigenvalue weighted by molar-refractivity contribution is 0.581. The van der Waals surface area contributed by atoms with E-state index < -0.39 is 0 Å². The van der Waals surface area contributed by atoms with Crippen molar-refractivity contribution in [3.05, 3.63) is 65.3 Å². The van der Waals surface area contributed by atoms with Gasteiger partial charge < -0.3 is 4.42 Å². The summed E-state index contributed by atoms with van der Waals surface area (Å²) < 4.78 is 7.47. The molecule has 2 heterocycles. The molecule has 0 aliphatic carbocycles. The van der Waals surface area contributed by atoms with E-state index in [-0.39, 0.29) is 0 Å². The van der Waals surface area contributed by atoms with E-state index in [1.165, 1.54) is 0 Å². The smallest absolute Gasteiger partial charge is 0.270 e. The lowest BCUT2D eigenvalue weighted by atomic mass is 10.2. The summed E-state index contributed by atoms with van der Waals surface area (Å²) in [6, 6.07) is 17.1. The van der Waals surface area contributed by atoms with E-state index in [2.05, 4.69) is 20.5 Å². The maximum Gasteiger partial charge on any atom is 0.270 e. The van der Waals surface area contributed by atoms with Gasteiger partial charge in [0.05, 0.1) is 22.0 Å². The molecule has 0 radical (unpaired) electrons. The number of hydrogen-bond donors (Lipinski definition) is 0. The van der Waals surface area contributed by atoms with Gasteiger partial charge >= 0.3 is 0 Å². The maximum absolute atomic E-state index is 6.17. The van der Waals surface area contributed by atoms with Gasteiger partial charge in [-0.3, -0.25) is 0 Å². The Bertz CT molecular complexity index is 993. The minimum Gasteiger partial charge on any atom is -0.414 e. The first-order chi connectivity index (χ1) is 11.7. The Labute approximate surface area is 142 Å². The molecule has 0 fully saturated rings. The number of rotatable bonds is 3. The highest BCUT2D eigenvalue weighted by Crippen LogP contribution is 2.29. The largest absolute Gasteiger partial charge is 0.414 e. The predicted molar refractivity (Wildman–Crippen MR) is 89.8 cm³/mol. The first-order valence-corrected chi connectivity index (χ1v) is 7.68. The van der Waals surface area contributed by atoms with Crippen molar-refractivity contribution >= 4 is 11.6 Å². The fraction of sp³-hybridized carbons (Fsp3) is 0.0588. The van der Waals surface area contributed by atoms with Gasteiger partial charge in [-0.15, -0.1) is 15.3 Å². The Morgan fingerprint density at radius 1 is 0.875 bits per heavy atom. The molecule has 2 aromatic carbocycles. The van der Waals surface area contributed by atoms with Crippen molar-refractivity contribution in [2.24, 2.45) is 0 Å². The molecule has 0 aliphatic rings. The Morgan fingerprint density at radius 2 is 1.58 bits per heavy atom. The molecule has 0 amide bonds. The third kappa shape index (κ3) is 2.47. The molecule has 7 heteroatoms. The molecule has 0 N–H and O–H groups in total. The van der Waals surface area contributed by atoms with Crippen molar-refractivity contribution in [2.45, 2.75) is 6.92 Å². The van der Waals surface area contributed by atoms with E-state index in [1.807, 2.05) is 55.5 Å². The van der Waals surface area contributed by atoms with Crippen molar-refractivity contribution in [3.63, 3.8) is 0 Å². The zero-order valence-electron chi connectivity index (χ0n) is 12.7. The molecule has 0 bridgehead atoms. The van der Waals surface area contributed by atoms with Crippen molar-refractivity contribution < 1.29 is 4.42 Å². The second kappa shape index (κ2) is 5.90. The van der Waals surface area contributed by atoms with Gasteiger partial charge in [0.2, 0.25) is 5.89 Å². The molecule has 4 rings (SSSR count). The molecule has 6 nitrogen and oxygen atoms in total. The molecular formula is C17H12ClN5O. The molecule has 0 aliphatic heterocycles. The summed E-state index contributed by atoms with van der Waals surface area (Å²) in [4.78, 5) is 0. The summed E-state index contributed by atoms with van der Waals surface area (Å²) >= 11 is 6.17. The number of benzene rings is 2. The first kappa shape index (κ1) is 14.6. The molecule has 2 aromatic heterocycles. The normalized spacial score (nSPS) is 10.9.